The summed E-state index contributed by atoms with van der Waals surface area (Å²) < 4.78 is 8.01. The molecule has 4 rings (SSSR count). The fraction of sp³-hybridized carbons (Fsp3) is 0.167. The van der Waals surface area contributed by atoms with Crippen LogP contribution in [0.4, 0.5) is 5.69 Å². The van der Waals surface area contributed by atoms with Gasteiger partial charge in [-0.3, -0.25) is 0 Å². The Kier molecular flexibility index (Phi) is 8.55. The molecule has 0 fully saturated rings. The molecule has 0 radical (unpaired) electrons. The first-order chi connectivity index (χ1) is 16.6. The number of aryl methyl sites for hydroxylation is 2. The molecule has 0 heterocycles. The van der Waals surface area contributed by atoms with Crippen LogP contribution >= 0.6 is 0 Å². The molecule has 0 aromatic heterocycles. The van der Waals surface area contributed by atoms with E-state index in [0.717, 1.165) is 18.0 Å². The van der Waals surface area contributed by atoms with Crippen molar-refractivity contribution in [3.63, 3.8) is 0 Å². The average molecular weight is 562 g/mol. The first-order valence-corrected chi connectivity index (χ1v) is 13.8. The van der Waals surface area contributed by atoms with Crippen LogP contribution in [-0.4, -0.2) is 31.8 Å². The molecule has 4 aromatic rings. The minimum absolute atomic E-state index is 0.00715. The predicted molar refractivity (Wildman–Crippen MR) is 144 cm³/mol. The Morgan fingerprint density at radius 2 is 1.41 bits per heavy atom. The van der Waals surface area contributed by atoms with Crippen LogP contribution in [0.1, 0.15) is 28.3 Å². The number of aliphatic imine (C=N–C) groups is 1. The summed E-state index contributed by atoms with van der Waals surface area (Å²) in [5, 5.41) is 3.83. The van der Waals surface area contributed by atoms with Crippen molar-refractivity contribution in [3.8, 4) is 5.75 Å². The number of benzene rings is 4. The number of methoxy groups -OCH3 is 1. The van der Waals surface area contributed by atoms with Crippen LogP contribution < -0.4 is 13.7 Å². The summed E-state index contributed by atoms with van der Waals surface area (Å²) in [4.78, 5) is 5.37. The Hall–Kier alpha value is -2.90. The Labute approximate surface area is 213 Å². The minimum atomic E-state index is -0.722. The summed E-state index contributed by atoms with van der Waals surface area (Å²) >= 11 is -0.722. The average Bonchev–Trinajstić information content (AvgIpc) is 2.88. The summed E-state index contributed by atoms with van der Waals surface area (Å²) in [6, 6.07) is 36.1. The van der Waals surface area contributed by atoms with E-state index in [1.807, 2.05) is 12.1 Å². The third-order valence-corrected chi connectivity index (χ3v) is 8.66. The zero-order valence-corrected chi connectivity index (χ0v) is 22.2. The van der Waals surface area contributed by atoms with E-state index in [0.29, 0.717) is 0 Å². The van der Waals surface area contributed by atoms with Crippen molar-refractivity contribution in [1.82, 2.24) is 5.32 Å². The molecular weight excluding hydrogens is 532 g/mol. The van der Waals surface area contributed by atoms with E-state index in [1.165, 1.54) is 29.6 Å². The van der Waals surface area contributed by atoms with Gasteiger partial charge in [-0.25, -0.2) is 0 Å². The summed E-state index contributed by atoms with van der Waals surface area (Å²) in [5.74, 6) is 0.860. The van der Waals surface area contributed by atoms with Crippen molar-refractivity contribution in [2.24, 2.45) is 4.99 Å². The fourth-order valence-electron chi connectivity index (χ4n) is 3.81. The number of ether oxygens (including phenoxy) is 1. The van der Waals surface area contributed by atoms with Crippen molar-refractivity contribution in [2.45, 2.75) is 26.4 Å². The molecule has 0 spiro atoms. The van der Waals surface area contributed by atoms with Gasteiger partial charge in [-0.1, -0.05) is 0 Å². The maximum atomic E-state index is 5.42. The second-order valence-corrected chi connectivity index (χ2v) is 11.3. The van der Waals surface area contributed by atoms with Crippen molar-refractivity contribution >= 4 is 34.0 Å². The predicted octanol–water partition coefficient (Wildman–Crippen LogP) is 5.90. The van der Waals surface area contributed by atoms with E-state index in [4.69, 9.17) is 9.73 Å². The summed E-state index contributed by atoms with van der Waals surface area (Å²) in [6.07, 6.45) is 0. The van der Waals surface area contributed by atoms with Crippen LogP contribution in [0.2, 0.25) is 0 Å². The number of nitrogens with one attached hydrogen (secondary N) is 1. The van der Waals surface area contributed by atoms with Gasteiger partial charge in [0, 0.05) is 0 Å². The van der Waals surface area contributed by atoms with Gasteiger partial charge in [0.1, 0.15) is 0 Å². The third kappa shape index (κ3) is 6.36. The van der Waals surface area contributed by atoms with Crippen molar-refractivity contribution in [2.75, 3.05) is 7.11 Å². The molecule has 0 aliphatic heterocycles. The maximum absolute atomic E-state index is 5.42. The topological polar surface area (TPSA) is 33.6 Å². The van der Waals surface area contributed by atoms with Gasteiger partial charge in [-0.2, -0.15) is 0 Å². The molecule has 172 valence electrons. The molecule has 0 amide bonds. The Morgan fingerprint density at radius 3 is 2.03 bits per heavy atom. The summed E-state index contributed by atoms with van der Waals surface area (Å²) in [6.45, 7) is 5.06. The van der Waals surface area contributed by atoms with Gasteiger partial charge in [-0.05, 0) is 0 Å². The molecule has 0 saturated carbocycles. The summed E-state index contributed by atoms with van der Waals surface area (Å²) in [5.41, 5.74) is 5.94. The van der Waals surface area contributed by atoms with Crippen LogP contribution in [-0.2, 0) is 6.54 Å². The van der Waals surface area contributed by atoms with Gasteiger partial charge in [-0.15, -0.1) is 0 Å². The number of para-hydroxylation sites is 1. The standard InChI is InChI=1S/C30H30N2OTe/c1-22-11-10-12-23(2)28(22)32-30(34-27-15-8-5-9-16-27)29(25-17-19-26(33-3)20-18-25)31-21-24-13-6-4-7-14-24/h4-20,29,31H,21H2,1-3H3. The molecule has 1 atom stereocenters. The van der Waals surface area contributed by atoms with Crippen molar-refractivity contribution in [1.29, 1.82) is 0 Å². The SMILES string of the molecule is COc1ccc(C(NCc2ccccc2)C(=Nc2c(C)cccc2C)[Te]c2ccccc2)cc1. The van der Waals surface area contributed by atoms with Crippen LogP contribution in [0.5, 0.6) is 5.75 Å². The van der Waals surface area contributed by atoms with E-state index in [9.17, 15) is 0 Å². The van der Waals surface area contributed by atoms with E-state index in [-0.39, 0.29) is 6.04 Å². The summed E-state index contributed by atoms with van der Waals surface area (Å²) in [7, 11) is 1.70. The first kappa shape index (κ1) is 24.2. The second-order valence-electron chi connectivity index (χ2n) is 8.18. The van der Waals surface area contributed by atoms with Crippen LogP contribution in [0, 0.1) is 13.8 Å². The van der Waals surface area contributed by atoms with Gasteiger partial charge in [0.25, 0.3) is 0 Å². The first-order valence-electron chi connectivity index (χ1n) is 11.4. The third-order valence-electron chi connectivity index (χ3n) is 5.68. The Balaban J connectivity index is 1.78. The molecule has 4 aromatic carbocycles. The van der Waals surface area contributed by atoms with E-state index in [1.54, 1.807) is 7.11 Å². The molecule has 0 bridgehead atoms. The van der Waals surface area contributed by atoms with Gasteiger partial charge >= 0.3 is 214 Å². The Bertz CT molecular complexity index is 1200. The van der Waals surface area contributed by atoms with E-state index in [2.05, 4.69) is 110 Å². The normalized spacial score (nSPS) is 12.4. The number of rotatable bonds is 9. The van der Waals surface area contributed by atoms with Gasteiger partial charge in [0.15, 0.2) is 0 Å². The number of hydrogen-bond donors (Lipinski definition) is 1. The number of hydrogen-bond acceptors (Lipinski definition) is 3. The van der Waals surface area contributed by atoms with Gasteiger partial charge < -0.3 is 0 Å². The molecule has 0 saturated heterocycles. The molecule has 34 heavy (non-hydrogen) atoms. The monoisotopic (exact) mass is 564 g/mol. The van der Waals surface area contributed by atoms with Crippen LogP contribution in [0.15, 0.2) is 108 Å². The fourth-order valence-corrected chi connectivity index (χ4v) is 6.69. The van der Waals surface area contributed by atoms with E-state index < -0.39 is 20.9 Å². The van der Waals surface area contributed by atoms with Crippen LogP contribution in [0.25, 0.3) is 0 Å². The quantitative estimate of drug-likeness (QED) is 0.204. The molecule has 0 aliphatic carbocycles. The molecule has 1 N–H and O–H groups in total. The molecule has 1 unspecified atom stereocenters. The Morgan fingerprint density at radius 1 is 0.794 bits per heavy atom. The number of nitrogens with zero attached hydrogens (tertiary/aromatic N) is 1. The van der Waals surface area contributed by atoms with Crippen molar-refractivity contribution in [3.05, 3.63) is 125 Å². The van der Waals surface area contributed by atoms with E-state index >= 15 is 0 Å². The zero-order valence-electron chi connectivity index (χ0n) is 19.9. The molecule has 3 nitrogen and oxygen atoms in total. The van der Waals surface area contributed by atoms with Crippen molar-refractivity contribution < 1.29 is 4.74 Å². The second kappa shape index (κ2) is 12.0. The molecule has 0 aliphatic rings. The van der Waals surface area contributed by atoms with Gasteiger partial charge in [0.05, 0.1) is 0 Å². The molecule has 4 heteroatoms. The zero-order chi connectivity index (χ0) is 23.8. The van der Waals surface area contributed by atoms with Crippen LogP contribution in [0.3, 0.4) is 0 Å². The molecular formula is C30H30N2OTe. The van der Waals surface area contributed by atoms with Gasteiger partial charge in [0.2, 0.25) is 0 Å².